The molecule has 0 aliphatic heterocycles. The van der Waals surface area contributed by atoms with Crippen LogP contribution in [0.1, 0.15) is 83.5 Å². The smallest absolute Gasteiger partial charge is 0.251 e. The lowest BCUT2D eigenvalue weighted by molar-refractivity contribution is 0.0940. The van der Waals surface area contributed by atoms with Gasteiger partial charge in [-0.15, -0.1) is 0 Å². The van der Waals surface area contributed by atoms with Crippen LogP contribution in [0, 0.1) is 60.3 Å². The van der Waals surface area contributed by atoms with Gasteiger partial charge in [-0.05, 0) is 147 Å². The third-order valence-electron chi connectivity index (χ3n) is 13.4. The van der Waals surface area contributed by atoms with E-state index in [1.807, 2.05) is 43.3 Å². The minimum Gasteiger partial charge on any atom is -0.351 e. The number of allylic oxidation sites excluding steroid dienone is 3. The van der Waals surface area contributed by atoms with Crippen molar-refractivity contribution in [3.63, 3.8) is 0 Å². The largest absolute Gasteiger partial charge is 0.351 e. The molecule has 2 unspecified atom stereocenters. The Kier molecular flexibility index (Phi) is 11.4. The maximum atomic E-state index is 14.1. The average molecular weight is 811 g/mol. The number of aryl methyl sites for hydroxylation is 4. The molecule has 0 saturated carbocycles. The Bertz CT molecular complexity index is 2930. The van der Waals surface area contributed by atoms with Crippen LogP contribution in [0.5, 0.6) is 0 Å². The summed E-state index contributed by atoms with van der Waals surface area (Å²) in [6.45, 7) is 19.2. The van der Waals surface area contributed by atoms with Crippen molar-refractivity contribution in [1.29, 1.82) is 0 Å². The van der Waals surface area contributed by atoms with E-state index in [-0.39, 0.29) is 29.5 Å². The summed E-state index contributed by atoms with van der Waals surface area (Å²) >= 11 is 0. The Hall–Kier alpha value is -6.47. The van der Waals surface area contributed by atoms with Crippen LogP contribution >= 0.6 is 0 Å². The van der Waals surface area contributed by atoms with E-state index in [1.54, 1.807) is 6.08 Å². The molecular weight excluding hydrogens is 756 g/mol. The highest BCUT2D eigenvalue weighted by Crippen LogP contribution is 2.33. The summed E-state index contributed by atoms with van der Waals surface area (Å²) in [5.74, 6) is -0.728. The van der Waals surface area contributed by atoms with Crippen LogP contribution in [0.15, 0.2) is 121 Å². The van der Waals surface area contributed by atoms with Crippen molar-refractivity contribution in [2.75, 3.05) is 6.54 Å². The van der Waals surface area contributed by atoms with Crippen molar-refractivity contribution < 1.29 is 14.0 Å². The molecule has 0 fully saturated rings. The summed E-state index contributed by atoms with van der Waals surface area (Å²) in [4.78, 5) is 26.8. The van der Waals surface area contributed by atoms with Gasteiger partial charge in [0.2, 0.25) is 0 Å². The van der Waals surface area contributed by atoms with Gasteiger partial charge in [0, 0.05) is 82.3 Å². The molecule has 5 aromatic carbocycles. The van der Waals surface area contributed by atoms with Gasteiger partial charge in [-0.2, -0.15) is 0 Å². The fourth-order valence-corrected chi connectivity index (χ4v) is 9.06. The molecule has 0 saturated heterocycles. The normalized spacial score (nSPS) is 15.1. The Morgan fingerprint density at radius 3 is 1.87 bits per heavy atom. The second-order valence-electron chi connectivity index (χ2n) is 17.0. The van der Waals surface area contributed by atoms with E-state index in [0.717, 1.165) is 50.7 Å². The molecule has 2 N–H and O–H groups in total. The number of hydrogen-bond acceptors (Lipinski definition) is 2. The van der Waals surface area contributed by atoms with E-state index in [4.69, 9.17) is 0 Å². The SMILES string of the molecule is Cc1ccccc1Cn1c(C)c(C)c2cc(C(=O)NCc3ccc(-c4cccc(Cn5c(C)c(C)c6cc(C(=O)NCC7C=CC=C(F)C7C)ccc65)c4C)c(C)c3)ccc21. The van der Waals surface area contributed by atoms with Gasteiger partial charge in [0.25, 0.3) is 11.8 Å². The zero-order chi connectivity index (χ0) is 43.1. The van der Waals surface area contributed by atoms with Crippen molar-refractivity contribution >= 4 is 33.6 Å². The van der Waals surface area contributed by atoms with E-state index < -0.39 is 0 Å². The zero-order valence-corrected chi connectivity index (χ0v) is 36.5. The zero-order valence-electron chi connectivity index (χ0n) is 36.5. The third-order valence-corrected chi connectivity index (χ3v) is 13.4. The molecule has 0 spiro atoms. The first-order valence-corrected chi connectivity index (χ1v) is 21.3. The lowest BCUT2D eigenvalue weighted by atomic mass is 9.89. The van der Waals surface area contributed by atoms with E-state index >= 15 is 0 Å². The fourth-order valence-electron chi connectivity index (χ4n) is 9.06. The molecule has 1 aliphatic carbocycles. The highest BCUT2D eigenvalue weighted by atomic mass is 19.1. The fraction of sp³-hybridized carbons (Fsp3) is 0.259. The topological polar surface area (TPSA) is 68.1 Å². The van der Waals surface area contributed by atoms with Crippen molar-refractivity contribution in [3.05, 3.63) is 188 Å². The lowest BCUT2D eigenvalue weighted by Crippen LogP contribution is -2.32. The maximum Gasteiger partial charge on any atom is 0.251 e. The first-order chi connectivity index (χ1) is 29.3. The van der Waals surface area contributed by atoms with Crippen LogP contribution in [0.25, 0.3) is 32.9 Å². The molecule has 2 amide bonds. The summed E-state index contributed by atoms with van der Waals surface area (Å²) in [6.07, 6.45) is 5.17. The minimum absolute atomic E-state index is 0.0766. The quantitative estimate of drug-likeness (QED) is 0.137. The lowest BCUT2D eigenvalue weighted by Gasteiger charge is -2.22. The molecule has 0 bridgehead atoms. The van der Waals surface area contributed by atoms with Crippen molar-refractivity contribution in [2.45, 2.75) is 75.0 Å². The van der Waals surface area contributed by atoms with E-state index in [9.17, 15) is 14.0 Å². The number of carbonyl (C=O) groups is 2. The molecule has 2 heterocycles. The van der Waals surface area contributed by atoms with Crippen LogP contribution in [0.4, 0.5) is 4.39 Å². The predicted molar refractivity (Wildman–Crippen MR) is 248 cm³/mol. The number of benzene rings is 5. The van der Waals surface area contributed by atoms with Crippen molar-refractivity contribution in [3.8, 4) is 11.1 Å². The summed E-state index contributed by atoms with van der Waals surface area (Å²) < 4.78 is 18.8. The summed E-state index contributed by atoms with van der Waals surface area (Å²) in [7, 11) is 0. The van der Waals surface area contributed by atoms with Gasteiger partial charge >= 0.3 is 0 Å². The molecule has 6 nitrogen and oxygen atoms in total. The number of nitrogens with one attached hydrogen (secondary N) is 2. The molecular formula is C54H55FN4O2. The van der Waals surface area contributed by atoms with Gasteiger partial charge in [0.1, 0.15) is 5.83 Å². The van der Waals surface area contributed by atoms with Gasteiger partial charge < -0.3 is 19.8 Å². The van der Waals surface area contributed by atoms with Gasteiger partial charge in [0.05, 0.1) is 0 Å². The molecule has 7 heteroatoms. The number of amides is 2. The first kappa shape index (κ1) is 41.3. The van der Waals surface area contributed by atoms with Crippen molar-refractivity contribution in [2.24, 2.45) is 11.8 Å². The number of nitrogens with zero attached hydrogens (tertiary/aromatic N) is 2. The standard InChI is InChI=1S/C54H55FN4O2/c1-32-13-9-10-14-44(32)30-58-38(7)34(3)48-26-41(20-23-51(48)58)53(60)56-28-40-19-22-46(33(2)25-40)47-17-11-16-45(36(47)5)31-59-39(8)35(4)49-27-42(21-24-52(49)59)54(61)57-29-43-15-12-18-50(55)37(43)6/h9-27,37,43H,28-31H2,1-8H3,(H,56,60)(H,57,61). The Labute approximate surface area is 358 Å². The highest BCUT2D eigenvalue weighted by molar-refractivity contribution is 6.00. The Morgan fingerprint density at radius 1 is 0.623 bits per heavy atom. The van der Waals surface area contributed by atoms with Crippen LogP contribution in [-0.4, -0.2) is 27.5 Å². The molecule has 7 aromatic rings. The number of fused-ring (bicyclic) bond motifs is 2. The number of aromatic nitrogens is 2. The monoisotopic (exact) mass is 810 g/mol. The third kappa shape index (κ3) is 7.97. The molecule has 310 valence electrons. The van der Waals surface area contributed by atoms with Crippen molar-refractivity contribution in [1.82, 2.24) is 19.8 Å². The minimum atomic E-state index is -0.256. The second-order valence-corrected chi connectivity index (χ2v) is 17.0. The highest BCUT2D eigenvalue weighted by Gasteiger charge is 2.23. The van der Waals surface area contributed by atoms with Crippen LogP contribution in [-0.2, 0) is 19.6 Å². The average Bonchev–Trinajstić information content (AvgIpc) is 3.64. The number of halogens is 1. The predicted octanol–water partition coefficient (Wildman–Crippen LogP) is 11.9. The Balaban J connectivity index is 0.951. The van der Waals surface area contributed by atoms with Gasteiger partial charge in [-0.1, -0.05) is 79.7 Å². The molecule has 2 atom stereocenters. The number of rotatable bonds is 11. The summed E-state index contributed by atoms with van der Waals surface area (Å²) in [5.41, 5.74) is 17.7. The maximum absolute atomic E-state index is 14.1. The summed E-state index contributed by atoms with van der Waals surface area (Å²) in [6, 6.07) is 33.4. The second kappa shape index (κ2) is 16.9. The van der Waals surface area contributed by atoms with E-state index in [0.29, 0.717) is 30.8 Å². The number of carbonyl (C=O) groups excluding carboxylic acids is 2. The van der Waals surface area contributed by atoms with Crippen LogP contribution < -0.4 is 10.6 Å². The Morgan fingerprint density at radius 2 is 1.23 bits per heavy atom. The van der Waals surface area contributed by atoms with Gasteiger partial charge in [0.15, 0.2) is 0 Å². The van der Waals surface area contributed by atoms with Crippen LogP contribution in [0.2, 0.25) is 0 Å². The number of hydrogen-bond donors (Lipinski definition) is 2. The molecule has 8 rings (SSSR count). The summed E-state index contributed by atoms with van der Waals surface area (Å²) in [5, 5.41) is 8.36. The molecule has 61 heavy (non-hydrogen) atoms. The van der Waals surface area contributed by atoms with Gasteiger partial charge in [-0.3, -0.25) is 9.59 Å². The van der Waals surface area contributed by atoms with Crippen LogP contribution in [0.3, 0.4) is 0 Å². The first-order valence-electron chi connectivity index (χ1n) is 21.3. The van der Waals surface area contributed by atoms with E-state index in [2.05, 4.69) is 135 Å². The van der Waals surface area contributed by atoms with E-state index in [1.165, 1.54) is 50.7 Å². The molecule has 2 aromatic heterocycles. The molecule has 1 aliphatic rings. The molecule has 0 radical (unpaired) electrons. The van der Waals surface area contributed by atoms with Gasteiger partial charge in [-0.25, -0.2) is 4.39 Å².